The summed E-state index contributed by atoms with van der Waals surface area (Å²) in [5.41, 5.74) is 0.939. The number of carbonyl (C=O) groups is 2. The van der Waals surface area contributed by atoms with Gasteiger partial charge in [-0.1, -0.05) is 64.8 Å². The molecule has 2 amide bonds. The van der Waals surface area contributed by atoms with E-state index < -0.39 is 0 Å². The normalized spacial score (nSPS) is 10.6. The summed E-state index contributed by atoms with van der Waals surface area (Å²) >= 11 is 19.3. The zero-order valence-corrected chi connectivity index (χ0v) is 19.7. The number of aromatic nitrogens is 3. The summed E-state index contributed by atoms with van der Waals surface area (Å²) in [6.07, 6.45) is 1.64. The number of hydrogen-bond acceptors (Lipinski definition) is 5. The molecule has 0 bridgehead atoms. The van der Waals surface area contributed by atoms with Crippen LogP contribution in [0.3, 0.4) is 0 Å². The predicted molar refractivity (Wildman–Crippen MR) is 130 cm³/mol. The second-order valence-corrected chi connectivity index (χ2v) is 8.66. The molecule has 3 rings (SSSR count). The first-order valence-electron chi connectivity index (χ1n) is 9.32. The third-order valence-electron chi connectivity index (χ3n) is 4.11. The second-order valence-electron chi connectivity index (χ2n) is 6.46. The number of carbonyl (C=O) groups excluding carboxylic acids is 2. The van der Waals surface area contributed by atoms with Crippen LogP contribution in [0.5, 0.6) is 0 Å². The van der Waals surface area contributed by atoms with Crippen molar-refractivity contribution < 1.29 is 9.59 Å². The van der Waals surface area contributed by atoms with Gasteiger partial charge in [-0.05, 0) is 30.3 Å². The maximum absolute atomic E-state index is 12.5. The number of para-hydroxylation sites is 1. The molecule has 0 atom stereocenters. The first kappa shape index (κ1) is 24.1. The molecule has 0 saturated heterocycles. The Morgan fingerprint density at radius 3 is 2.47 bits per heavy atom. The molecule has 1 heterocycles. The Morgan fingerprint density at radius 2 is 1.72 bits per heavy atom. The van der Waals surface area contributed by atoms with Crippen molar-refractivity contribution in [1.29, 1.82) is 0 Å². The third-order valence-corrected chi connectivity index (χ3v) is 5.97. The highest BCUT2D eigenvalue weighted by molar-refractivity contribution is 7.99. The summed E-state index contributed by atoms with van der Waals surface area (Å²) < 4.78 is 1.73. The third kappa shape index (κ3) is 6.49. The van der Waals surface area contributed by atoms with E-state index in [2.05, 4.69) is 27.4 Å². The van der Waals surface area contributed by atoms with Gasteiger partial charge < -0.3 is 15.2 Å². The molecule has 7 nitrogen and oxygen atoms in total. The molecule has 2 aromatic carbocycles. The molecule has 3 aromatic rings. The number of halogens is 3. The fourth-order valence-corrected chi connectivity index (χ4v) is 3.97. The maximum atomic E-state index is 12.5. The summed E-state index contributed by atoms with van der Waals surface area (Å²) in [5, 5.41) is 15.5. The Kier molecular flexibility index (Phi) is 8.58. The van der Waals surface area contributed by atoms with E-state index >= 15 is 0 Å². The fraction of sp³-hybridized carbons (Fsp3) is 0.143. The lowest BCUT2D eigenvalue weighted by Crippen LogP contribution is -2.18. The Balaban J connectivity index is 1.64. The highest BCUT2D eigenvalue weighted by atomic mass is 35.5. The van der Waals surface area contributed by atoms with E-state index in [1.54, 1.807) is 53.1 Å². The number of nitrogens with zero attached hydrogens (tertiary/aromatic N) is 3. The van der Waals surface area contributed by atoms with Crippen LogP contribution in [-0.4, -0.2) is 32.3 Å². The molecule has 0 radical (unpaired) electrons. The van der Waals surface area contributed by atoms with Crippen molar-refractivity contribution in [3.8, 4) is 0 Å². The van der Waals surface area contributed by atoms with Crippen molar-refractivity contribution in [2.75, 3.05) is 16.4 Å². The van der Waals surface area contributed by atoms with Gasteiger partial charge in [0.15, 0.2) is 5.16 Å². The van der Waals surface area contributed by atoms with Crippen LogP contribution in [0.15, 0.2) is 60.3 Å². The summed E-state index contributed by atoms with van der Waals surface area (Å²) in [6, 6.07) is 11.8. The van der Waals surface area contributed by atoms with Gasteiger partial charge in [0.05, 0.1) is 33.6 Å². The van der Waals surface area contributed by atoms with E-state index in [4.69, 9.17) is 34.8 Å². The van der Waals surface area contributed by atoms with Crippen LogP contribution in [0, 0.1) is 0 Å². The van der Waals surface area contributed by atoms with E-state index in [0.717, 1.165) is 0 Å². The highest BCUT2D eigenvalue weighted by Gasteiger charge is 2.17. The highest BCUT2D eigenvalue weighted by Crippen LogP contribution is 2.26. The smallest absolute Gasteiger partial charge is 0.234 e. The van der Waals surface area contributed by atoms with Crippen LogP contribution in [0.1, 0.15) is 5.82 Å². The van der Waals surface area contributed by atoms with Crippen molar-refractivity contribution in [1.82, 2.24) is 14.8 Å². The Labute approximate surface area is 204 Å². The summed E-state index contributed by atoms with van der Waals surface area (Å²) in [7, 11) is 0. The lowest BCUT2D eigenvalue weighted by Gasteiger charge is -2.10. The number of amides is 2. The minimum absolute atomic E-state index is 0.0169. The first-order valence-corrected chi connectivity index (χ1v) is 11.4. The maximum Gasteiger partial charge on any atom is 0.234 e. The van der Waals surface area contributed by atoms with Crippen LogP contribution in [0.2, 0.25) is 15.1 Å². The van der Waals surface area contributed by atoms with Gasteiger partial charge in [-0.2, -0.15) is 0 Å². The van der Waals surface area contributed by atoms with Crippen LogP contribution >= 0.6 is 46.6 Å². The molecule has 0 fully saturated rings. The Bertz CT molecular complexity index is 1150. The summed E-state index contributed by atoms with van der Waals surface area (Å²) in [5.74, 6) is -0.0782. The van der Waals surface area contributed by atoms with Gasteiger partial charge in [-0.3, -0.25) is 9.59 Å². The molecule has 0 spiro atoms. The number of rotatable bonds is 9. The van der Waals surface area contributed by atoms with Crippen molar-refractivity contribution in [2.24, 2.45) is 0 Å². The minimum Gasteiger partial charge on any atom is -0.324 e. The number of thioether (sulfide) groups is 1. The average molecular weight is 511 g/mol. The van der Waals surface area contributed by atoms with Gasteiger partial charge >= 0.3 is 0 Å². The molecule has 0 unspecified atom stereocenters. The molecule has 11 heteroatoms. The lowest BCUT2D eigenvalue weighted by molar-refractivity contribution is -0.116. The minimum atomic E-state index is -0.291. The van der Waals surface area contributed by atoms with Crippen molar-refractivity contribution in [2.45, 2.75) is 18.1 Å². The number of allylic oxidation sites excluding steroid dienone is 1. The Hall–Kier alpha value is -2.52. The van der Waals surface area contributed by atoms with Crippen molar-refractivity contribution in [3.63, 3.8) is 0 Å². The van der Waals surface area contributed by atoms with Gasteiger partial charge in [0, 0.05) is 11.6 Å². The molecular formula is C21H18Cl3N5O2S. The van der Waals surface area contributed by atoms with Gasteiger partial charge in [0.25, 0.3) is 0 Å². The largest absolute Gasteiger partial charge is 0.324 e. The number of anilines is 2. The van der Waals surface area contributed by atoms with Gasteiger partial charge in [-0.15, -0.1) is 16.8 Å². The first-order chi connectivity index (χ1) is 15.4. The number of hydrogen-bond donors (Lipinski definition) is 2. The van der Waals surface area contributed by atoms with Crippen LogP contribution in [0.4, 0.5) is 11.4 Å². The van der Waals surface area contributed by atoms with E-state index in [0.29, 0.717) is 44.0 Å². The van der Waals surface area contributed by atoms with Crippen LogP contribution < -0.4 is 10.6 Å². The molecule has 0 aliphatic carbocycles. The number of benzene rings is 2. The topological polar surface area (TPSA) is 88.9 Å². The fourth-order valence-electron chi connectivity index (χ4n) is 2.68. The van der Waals surface area contributed by atoms with Gasteiger partial charge in [-0.25, -0.2) is 0 Å². The standard InChI is InChI=1S/C21H18Cl3N5O2S/c1-2-9-29-18(11-19(30)25-16-6-4-3-5-14(16)23)27-28-21(29)32-12-20(31)26-17-10-13(22)7-8-15(17)24/h2-8,10H,1,9,11-12H2,(H,25,30)(H,26,31). The van der Waals surface area contributed by atoms with E-state index in [1.807, 2.05) is 0 Å². The molecule has 0 aliphatic heterocycles. The van der Waals surface area contributed by atoms with Gasteiger partial charge in [0.1, 0.15) is 5.82 Å². The zero-order chi connectivity index (χ0) is 23.1. The predicted octanol–water partition coefficient (Wildman–Crippen LogP) is 5.34. The quantitative estimate of drug-likeness (QED) is 0.300. The van der Waals surface area contributed by atoms with Crippen molar-refractivity contribution >= 4 is 69.8 Å². The average Bonchev–Trinajstić information content (AvgIpc) is 3.12. The van der Waals surface area contributed by atoms with E-state index in [1.165, 1.54) is 11.8 Å². The number of nitrogens with one attached hydrogen (secondary N) is 2. The summed E-state index contributed by atoms with van der Waals surface area (Å²) in [6.45, 7) is 4.12. The Morgan fingerprint density at radius 1 is 1.00 bits per heavy atom. The lowest BCUT2D eigenvalue weighted by atomic mass is 10.3. The van der Waals surface area contributed by atoms with Crippen LogP contribution in [-0.2, 0) is 22.6 Å². The van der Waals surface area contributed by atoms with Crippen LogP contribution in [0.25, 0.3) is 0 Å². The SMILES string of the molecule is C=CCn1c(CC(=O)Nc2ccccc2Cl)nnc1SCC(=O)Nc1cc(Cl)ccc1Cl. The molecule has 2 N–H and O–H groups in total. The van der Waals surface area contributed by atoms with E-state index in [-0.39, 0.29) is 24.0 Å². The molecule has 1 aromatic heterocycles. The van der Waals surface area contributed by atoms with E-state index in [9.17, 15) is 9.59 Å². The molecule has 32 heavy (non-hydrogen) atoms. The molecule has 0 saturated carbocycles. The molecular weight excluding hydrogens is 493 g/mol. The van der Waals surface area contributed by atoms with Crippen molar-refractivity contribution in [3.05, 3.63) is 76.0 Å². The summed E-state index contributed by atoms with van der Waals surface area (Å²) in [4.78, 5) is 24.8. The molecule has 166 valence electrons. The zero-order valence-electron chi connectivity index (χ0n) is 16.6. The molecule has 0 aliphatic rings. The monoisotopic (exact) mass is 509 g/mol. The second kappa shape index (κ2) is 11.4. The van der Waals surface area contributed by atoms with Gasteiger partial charge in [0.2, 0.25) is 11.8 Å².